The molecule has 2 rings (SSSR count). The van der Waals surface area contributed by atoms with Crippen LogP contribution in [0.5, 0.6) is 0 Å². The Morgan fingerprint density at radius 3 is 2.88 bits per heavy atom. The van der Waals surface area contributed by atoms with E-state index >= 15 is 0 Å². The summed E-state index contributed by atoms with van der Waals surface area (Å²) in [4.78, 5) is 4.14. The van der Waals surface area contributed by atoms with Crippen molar-refractivity contribution in [1.29, 1.82) is 0 Å². The average Bonchev–Trinajstić information content (AvgIpc) is 2.80. The van der Waals surface area contributed by atoms with Crippen molar-refractivity contribution < 1.29 is 8.91 Å². The lowest BCUT2D eigenvalue weighted by Crippen LogP contribution is -1.94. The van der Waals surface area contributed by atoms with E-state index in [4.69, 9.17) is 16.1 Å². The molecular formula is C12H12ClFN2O. The lowest BCUT2D eigenvalue weighted by atomic mass is 10.1. The van der Waals surface area contributed by atoms with Crippen LogP contribution in [0, 0.1) is 5.82 Å². The van der Waals surface area contributed by atoms with Gasteiger partial charge < -0.3 is 4.52 Å². The summed E-state index contributed by atoms with van der Waals surface area (Å²) in [5.74, 6) is 0.565. The molecule has 5 heteroatoms. The van der Waals surface area contributed by atoms with Gasteiger partial charge in [0, 0.05) is 0 Å². The summed E-state index contributed by atoms with van der Waals surface area (Å²) in [6, 6.07) is 6.51. The van der Waals surface area contributed by atoms with E-state index in [1.807, 2.05) is 6.92 Å². The normalized spacial score (nSPS) is 12.6. The third-order valence-electron chi connectivity index (χ3n) is 2.42. The number of benzene rings is 1. The molecule has 0 aliphatic carbocycles. The predicted octanol–water partition coefficient (Wildman–Crippen LogP) is 3.49. The zero-order valence-corrected chi connectivity index (χ0v) is 10.1. The van der Waals surface area contributed by atoms with Crippen molar-refractivity contribution in [3.63, 3.8) is 0 Å². The van der Waals surface area contributed by atoms with E-state index in [1.54, 1.807) is 18.2 Å². The molecule has 1 heterocycles. The van der Waals surface area contributed by atoms with Gasteiger partial charge in [0.2, 0.25) is 5.89 Å². The second-order valence-corrected chi connectivity index (χ2v) is 4.22. The molecule has 0 spiro atoms. The molecule has 0 bridgehead atoms. The van der Waals surface area contributed by atoms with Crippen LogP contribution in [0.15, 0.2) is 28.8 Å². The number of aromatic nitrogens is 2. The van der Waals surface area contributed by atoms with Crippen LogP contribution in [0.1, 0.15) is 36.0 Å². The molecule has 0 N–H and O–H groups in total. The van der Waals surface area contributed by atoms with Gasteiger partial charge in [-0.15, -0.1) is 11.6 Å². The Bertz CT molecular complexity index is 501. The lowest BCUT2D eigenvalue weighted by Gasteiger charge is -1.98. The second-order valence-electron chi connectivity index (χ2n) is 3.69. The summed E-state index contributed by atoms with van der Waals surface area (Å²) in [6.45, 7) is 1.94. The molecule has 90 valence electrons. The van der Waals surface area contributed by atoms with Crippen molar-refractivity contribution in [3.8, 4) is 0 Å². The van der Waals surface area contributed by atoms with Crippen molar-refractivity contribution in [2.75, 3.05) is 0 Å². The number of rotatable bonds is 4. The van der Waals surface area contributed by atoms with Crippen LogP contribution in [-0.4, -0.2) is 10.1 Å². The molecule has 0 radical (unpaired) electrons. The van der Waals surface area contributed by atoms with Gasteiger partial charge in [-0.05, 0) is 18.1 Å². The summed E-state index contributed by atoms with van der Waals surface area (Å²) in [5, 5.41) is 3.52. The van der Waals surface area contributed by atoms with Gasteiger partial charge in [-0.2, -0.15) is 4.98 Å². The number of halogens is 2. The second kappa shape index (κ2) is 5.27. The zero-order chi connectivity index (χ0) is 12.3. The zero-order valence-electron chi connectivity index (χ0n) is 9.36. The van der Waals surface area contributed by atoms with Crippen molar-refractivity contribution in [1.82, 2.24) is 10.1 Å². The first kappa shape index (κ1) is 12.0. The fraction of sp³-hybridized carbons (Fsp3) is 0.333. The van der Waals surface area contributed by atoms with E-state index < -0.39 is 0 Å². The SMILES string of the molecule is CCC(Cl)c1noc(Cc2ccccc2F)n1. The average molecular weight is 255 g/mol. The minimum absolute atomic E-state index is 0.256. The highest BCUT2D eigenvalue weighted by Crippen LogP contribution is 2.21. The third-order valence-corrected chi connectivity index (χ3v) is 2.93. The van der Waals surface area contributed by atoms with Crippen molar-refractivity contribution in [2.45, 2.75) is 25.1 Å². The Morgan fingerprint density at radius 2 is 2.18 bits per heavy atom. The number of hydrogen-bond acceptors (Lipinski definition) is 3. The van der Waals surface area contributed by atoms with Gasteiger partial charge >= 0.3 is 0 Å². The number of nitrogens with zero attached hydrogens (tertiary/aromatic N) is 2. The largest absolute Gasteiger partial charge is 0.339 e. The van der Waals surface area contributed by atoms with Crippen LogP contribution in [-0.2, 0) is 6.42 Å². The summed E-state index contributed by atoms with van der Waals surface area (Å²) < 4.78 is 18.4. The van der Waals surface area contributed by atoms with Crippen LogP contribution in [0.3, 0.4) is 0 Å². The summed E-state index contributed by atoms with van der Waals surface area (Å²) in [7, 11) is 0. The Morgan fingerprint density at radius 1 is 1.41 bits per heavy atom. The van der Waals surface area contributed by atoms with Crippen LogP contribution in [0.4, 0.5) is 4.39 Å². The lowest BCUT2D eigenvalue weighted by molar-refractivity contribution is 0.377. The quantitative estimate of drug-likeness (QED) is 0.784. The van der Waals surface area contributed by atoms with Gasteiger partial charge in [0.25, 0.3) is 0 Å². The molecule has 0 saturated heterocycles. The van der Waals surface area contributed by atoms with Gasteiger partial charge in [-0.25, -0.2) is 4.39 Å². The van der Waals surface area contributed by atoms with E-state index in [-0.39, 0.29) is 17.6 Å². The molecule has 1 atom stereocenters. The monoisotopic (exact) mass is 254 g/mol. The standard InChI is InChI=1S/C12H12ClFN2O/c1-2-9(13)12-15-11(17-16-12)7-8-5-3-4-6-10(8)14/h3-6,9H,2,7H2,1H3. The van der Waals surface area contributed by atoms with Crippen LogP contribution in [0.25, 0.3) is 0 Å². The van der Waals surface area contributed by atoms with Gasteiger partial charge in [-0.1, -0.05) is 30.3 Å². The summed E-state index contributed by atoms with van der Waals surface area (Å²) >= 11 is 5.98. The molecule has 0 aliphatic heterocycles. The topological polar surface area (TPSA) is 38.9 Å². The first-order valence-corrected chi connectivity index (χ1v) is 5.84. The van der Waals surface area contributed by atoms with Crippen molar-refractivity contribution >= 4 is 11.6 Å². The molecular weight excluding hydrogens is 243 g/mol. The molecule has 0 fully saturated rings. The Balaban J connectivity index is 2.14. The van der Waals surface area contributed by atoms with Crippen molar-refractivity contribution in [3.05, 3.63) is 47.4 Å². The molecule has 2 aromatic rings. The Hall–Kier alpha value is -1.42. The van der Waals surface area contributed by atoms with Crippen LogP contribution in [0.2, 0.25) is 0 Å². The Kier molecular flexibility index (Phi) is 3.74. The van der Waals surface area contributed by atoms with Crippen LogP contribution >= 0.6 is 11.6 Å². The van der Waals surface area contributed by atoms with E-state index in [1.165, 1.54) is 6.07 Å². The minimum Gasteiger partial charge on any atom is -0.339 e. The highest BCUT2D eigenvalue weighted by molar-refractivity contribution is 6.20. The van der Waals surface area contributed by atoms with Crippen molar-refractivity contribution in [2.24, 2.45) is 0 Å². The van der Waals surface area contributed by atoms with Crippen LogP contribution < -0.4 is 0 Å². The van der Waals surface area contributed by atoms with E-state index in [0.29, 0.717) is 17.3 Å². The molecule has 0 aliphatic rings. The highest BCUT2D eigenvalue weighted by atomic mass is 35.5. The smallest absolute Gasteiger partial charge is 0.231 e. The maximum Gasteiger partial charge on any atom is 0.231 e. The molecule has 1 aromatic heterocycles. The Labute approximate surface area is 104 Å². The van der Waals surface area contributed by atoms with E-state index in [9.17, 15) is 4.39 Å². The van der Waals surface area contributed by atoms with Gasteiger partial charge in [0.15, 0.2) is 5.82 Å². The fourth-order valence-electron chi connectivity index (χ4n) is 1.45. The third kappa shape index (κ3) is 2.82. The fourth-order valence-corrected chi connectivity index (χ4v) is 1.54. The minimum atomic E-state index is -0.273. The van der Waals surface area contributed by atoms with E-state index in [2.05, 4.69) is 10.1 Å². The molecule has 3 nitrogen and oxygen atoms in total. The molecule has 0 saturated carbocycles. The number of alkyl halides is 1. The molecule has 0 amide bonds. The van der Waals surface area contributed by atoms with Gasteiger partial charge in [0.05, 0.1) is 11.8 Å². The summed E-state index contributed by atoms with van der Waals surface area (Å²) in [6.07, 6.45) is 1.01. The molecule has 1 aromatic carbocycles. The van der Waals surface area contributed by atoms with Gasteiger partial charge in [-0.3, -0.25) is 0 Å². The maximum atomic E-state index is 13.4. The molecule has 1 unspecified atom stereocenters. The first-order chi connectivity index (χ1) is 8.20. The maximum absolute atomic E-state index is 13.4. The predicted molar refractivity (Wildman–Crippen MR) is 62.4 cm³/mol. The number of hydrogen-bond donors (Lipinski definition) is 0. The summed E-state index contributed by atoms with van der Waals surface area (Å²) in [5.41, 5.74) is 0.533. The molecule has 17 heavy (non-hydrogen) atoms. The van der Waals surface area contributed by atoms with E-state index in [0.717, 1.165) is 6.42 Å². The first-order valence-electron chi connectivity index (χ1n) is 5.40. The highest BCUT2D eigenvalue weighted by Gasteiger charge is 2.14. The van der Waals surface area contributed by atoms with Gasteiger partial charge in [0.1, 0.15) is 5.82 Å².